The molecule has 0 saturated heterocycles. The average Bonchev–Trinajstić information content (AvgIpc) is 3.54. The van der Waals surface area contributed by atoms with E-state index in [4.69, 9.17) is 4.74 Å². The van der Waals surface area contributed by atoms with Gasteiger partial charge in [0.05, 0.1) is 11.6 Å². The highest BCUT2D eigenvalue weighted by molar-refractivity contribution is 6.76. The van der Waals surface area contributed by atoms with E-state index in [9.17, 15) is 4.79 Å². The van der Waals surface area contributed by atoms with E-state index in [2.05, 4.69) is 34.6 Å². The summed E-state index contributed by atoms with van der Waals surface area (Å²) < 4.78 is 8.03. The lowest BCUT2D eigenvalue weighted by molar-refractivity contribution is 0.0849. The first-order valence-electron chi connectivity index (χ1n) is 11.3. The van der Waals surface area contributed by atoms with Crippen LogP contribution in [-0.4, -0.2) is 40.0 Å². The van der Waals surface area contributed by atoms with E-state index in [-0.39, 0.29) is 11.7 Å². The standard InChI is InChI=1S/C26H32N4O2Si/c1-19-7-9-20(10-8-19)25(31)23-12-11-22(29-23)24(21-6-5-13-27-21)26-28-14-15-30(26)18-32-16-17-33(2,3)4/h5-15,24,27,29H,16-18H2,1-4H3. The third kappa shape index (κ3) is 5.61. The SMILES string of the molecule is Cc1ccc(C(=O)c2ccc(C(c3ccc[nH]3)c3nccn3COCC[Si](C)(C)C)[nH]2)cc1. The Kier molecular flexibility index (Phi) is 6.81. The Balaban J connectivity index is 1.59. The van der Waals surface area contributed by atoms with Gasteiger partial charge >= 0.3 is 0 Å². The maximum Gasteiger partial charge on any atom is 0.209 e. The van der Waals surface area contributed by atoms with Gasteiger partial charge in [-0.05, 0) is 37.2 Å². The van der Waals surface area contributed by atoms with Gasteiger partial charge in [-0.15, -0.1) is 0 Å². The Hall–Kier alpha value is -3.16. The maximum absolute atomic E-state index is 13.0. The second kappa shape index (κ2) is 9.76. The molecule has 4 aromatic rings. The highest BCUT2D eigenvalue weighted by atomic mass is 28.3. The number of carbonyl (C=O) groups is 1. The lowest BCUT2D eigenvalue weighted by Gasteiger charge is -2.18. The number of aromatic amines is 2. The van der Waals surface area contributed by atoms with Crippen LogP contribution in [-0.2, 0) is 11.5 Å². The van der Waals surface area contributed by atoms with E-state index in [1.807, 2.05) is 72.4 Å². The Morgan fingerprint density at radius 1 is 1.09 bits per heavy atom. The molecule has 0 spiro atoms. The summed E-state index contributed by atoms with van der Waals surface area (Å²) in [5, 5.41) is 0. The van der Waals surface area contributed by atoms with Gasteiger partial charge in [-0.3, -0.25) is 4.79 Å². The molecule has 0 amide bonds. The molecule has 1 unspecified atom stereocenters. The third-order valence-corrected chi connectivity index (χ3v) is 7.45. The van der Waals surface area contributed by atoms with Crippen LogP contribution in [0.4, 0.5) is 0 Å². The van der Waals surface area contributed by atoms with Gasteiger partial charge in [0.15, 0.2) is 0 Å². The van der Waals surface area contributed by atoms with Crippen molar-refractivity contribution >= 4 is 13.9 Å². The lowest BCUT2D eigenvalue weighted by Crippen LogP contribution is -2.22. The normalized spacial score (nSPS) is 12.7. The van der Waals surface area contributed by atoms with Gasteiger partial charge in [0.1, 0.15) is 12.6 Å². The minimum atomic E-state index is -1.14. The van der Waals surface area contributed by atoms with Crippen molar-refractivity contribution in [2.24, 2.45) is 0 Å². The number of carbonyl (C=O) groups excluding carboxylic acids is 1. The van der Waals surface area contributed by atoms with Crippen molar-refractivity contribution in [3.8, 4) is 0 Å². The topological polar surface area (TPSA) is 75.7 Å². The molecule has 1 aromatic carbocycles. The summed E-state index contributed by atoms with van der Waals surface area (Å²) in [6.07, 6.45) is 5.65. The molecule has 0 aliphatic heterocycles. The number of benzene rings is 1. The fraction of sp³-hybridized carbons (Fsp3) is 0.308. The molecule has 1 atom stereocenters. The quantitative estimate of drug-likeness (QED) is 0.184. The van der Waals surface area contributed by atoms with Crippen molar-refractivity contribution in [3.05, 3.63) is 101 Å². The van der Waals surface area contributed by atoms with E-state index < -0.39 is 8.07 Å². The van der Waals surface area contributed by atoms with Crippen molar-refractivity contribution in [1.29, 1.82) is 0 Å². The van der Waals surface area contributed by atoms with Crippen LogP contribution in [0.2, 0.25) is 25.7 Å². The van der Waals surface area contributed by atoms with Crippen LogP contribution in [0.3, 0.4) is 0 Å². The fourth-order valence-electron chi connectivity index (χ4n) is 3.77. The van der Waals surface area contributed by atoms with Gasteiger partial charge in [-0.25, -0.2) is 4.98 Å². The highest BCUT2D eigenvalue weighted by Crippen LogP contribution is 2.30. The molecule has 0 fully saturated rings. The second-order valence-corrected chi connectivity index (χ2v) is 15.3. The predicted molar refractivity (Wildman–Crippen MR) is 133 cm³/mol. The van der Waals surface area contributed by atoms with Crippen LogP contribution < -0.4 is 0 Å². The number of aryl methyl sites for hydroxylation is 1. The fourth-order valence-corrected chi connectivity index (χ4v) is 4.53. The maximum atomic E-state index is 13.0. The van der Waals surface area contributed by atoms with Crippen LogP contribution in [0, 0.1) is 6.92 Å². The van der Waals surface area contributed by atoms with Gasteiger partial charge in [0.25, 0.3) is 0 Å². The molecule has 0 saturated carbocycles. The Bertz CT molecular complexity index is 1180. The summed E-state index contributed by atoms with van der Waals surface area (Å²) in [5.41, 5.74) is 4.27. The summed E-state index contributed by atoms with van der Waals surface area (Å²) in [5.74, 6) is 0.668. The zero-order chi connectivity index (χ0) is 23.4. The van der Waals surface area contributed by atoms with E-state index in [1.54, 1.807) is 6.20 Å². The molecule has 7 heteroatoms. The van der Waals surface area contributed by atoms with Crippen LogP contribution >= 0.6 is 0 Å². The number of H-pyrrole nitrogens is 2. The zero-order valence-electron chi connectivity index (χ0n) is 19.8. The Morgan fingerprint density at radius 2 is 1.88 bits per heavy atom. The molecule has 0 aliphatic rings. The van der Waals surface area contributed by atoms with Gasteiger partial charge in [0.2, 0.25) is 5.78 Å². The smallest absolute Gasteiger partial charge is 0.209 e. The first kappa shape index (κ1) is 23.0. The largest absolute Gasteiger partial charge is 0.364 e. The van der Waals surface area contributed by atoms with Crippen LogP contribution in [0.15, 0.2) is 67.1 Å². The van der Waals surface area contributed by atoms with E-state index >= 15 is 0 Å². The van der Waals surface area contributed by atoms with Crippen LogP contribution in [0.1, 0.15) is 44.7 Å². The minimum Gasteiger partial charge on any atom is -0.364 e. The zero-order valence-corrected chi connectivity index (χ0v) is 20.8. The van der Waals surface area contributed by atoms with Gasteiger partial charge in [0, 0.05) is 50.2 Å². The van der Waals surface area contributed by atoms with E-state index in [1.165, 1.54) is 0 Å². The number of aromatic nitrogens is 4. The van der Waals surface area contributed by atoms with Crippen molar-refractivity contribution < 1.29 is 9.53 Å². The number of hydrogen-bond donors (Lipinski definition) is 2. The number of ketones is 1. The van der Waals surface area contributed by atoms with Crippen LogP contribution in [0.5, 0.6) is 0 Å². The molecule has 2 N–H and O–H groups in total. The molecule has 0 aliphatic carbocycles. The summed E-state index contributed by atoms with van der Waals surface area (Å²) in [6.45, 7) is 10.3. The molecule has 172 valence electrons. The van der Waals surface area contributed by atoms with Gasteiger partial charge in [-0.1, -0.05) is 49.5 Å². The van der Waals surface area contributed by atoms with E-state index in [0.29, 0.717) is 18.0 Å². The number of nitrogens with zero attached hydrogens (tertiary/aromatic N) is 2. The monoisotopic (exact) mass is 460 g/mol. The summed E-state index contributed by atoms with van der Waals surface area (Å²) in [7, 11) is -1.14. The number of rotatable bonds is 10. The predicted octanol–water partition coefficient (Wildman–Crippen LogP) is 5.57. The number of nitrogens with one attached hydrogen (secondary N) is 2. The minimum absolute atomic E-state index is 0.0236. The van der Waals surface area contributed by atoms with Crippen LogP contribution in [0.25, 0.3) is 0 Å². The molecule has 3 heterocycles. The van der Waals surface area contributed by atoms with Gasteiger partial charge < -0.3 is 19.3 Å². The molecule has 0 radical (unpaired) electrons. The number of hydrogen-bond acceptors (Lipinski definition) is 3. The number of ether oxygens (including phenoxy) is 1. The summed E-state index contributed by atoms with van der Waals surface area (Å²) in [4.78, 5) is 24.4. The summed E-state index contributed by atoms with van der Waals surface area (Å²) in [6, 6.07) is 16.6. The lowest BCUT2D eigenvalue weighted by atomic mass is 10.0. The molecular formula is C26H32N4O2Si. The molecular weight excluding hydrogens is 428 g/mol. The molecule has 4 rings (SSSR count). The Labute approximate surface area is 196 Å². The molecule has 0 bridgehead atoms. The molecule has 33 heavy (non-hydrogen) atoms. The molecule has 3 aromatic heterocycles. The summed E-state index contributed by atoms with van der Waals surface area (Å²) >= 11 is 0. The van der Waals surface area contributed by atoms with Crippen molar-refractivity contribution in [2.45, 2.75) is 45.3 Å². The van der Waals surface area contributed by atoms with Crippen molar-refractivity contribution in [1.82, 2.24) is 19.5 Å². The molecule has 6 nitrogen and oxygen atoms in total. The van der Waals surface area contributed by atoms with Crippen molar-refractivity contribution in [3.63, 3.8) is 0 Å². The highest BCUT2D eigenvalue weighted by Gasteiger charge is 2.25. The first-order valence-corrected chi connectivity index (χ1v) is 15.0. The van der Waals surface area contributed by atoms with E-state index in [0.717, 1.165) is 35.4 Å². The van der Waals surface area contributed by atoms with Crippen molar-refractivity contribution in [2.75, 3.05) is 6.61 Å². The Morgan fingerprint density at radius 3 is 2.58 bits per heavy atom. The third-order valence-electron chi connectivity index (χ3n) is 5.74. The first-order chi connectivity index (χ1) is 15.8. The van der Waals surface area contributed by atoms with Gasteiger partial charge in [-0.2, -0.15) is 0 Å². The number of imidazole rings is 1. The average molecular weight is 461 g/mol. The second-order valence-electron chi connectivity index (χ2n) is 9.68.